The molecule has 3 rings (SSSR count). The van der Waals surface area contributed by atoms with Gasteiger partial charge in [-0.3, -0.25) is 4.79 Å². The number of hydrogen-bond acceptors (Lipinski definition) is 5. The van der Waals surface area contributed by atoms with Gasteiger partial charge in [0.2, 0.25) is 0 Å². The number of rotatable bonds is 4. The topological polar surface area (TPSA) is 84.1 Å². The molecule has 1 saturated heterocycles. The van der Waals surface area contributed by atoms with Gasteiger partial charge in [-0.25, -0.2) is 0 Å². The predicted octanol–water partition coefficient (Wildman–Crippen LogP) is 1.46. The monoisotopic (exact) mass is 297 g/mol. The van der Waals surface area contributed by atoms with Gasteiger partial charge in [-0.15, -0.1) is 5.10 Å². The van der Waals surface area contributed by atoms with Crippen molar-refractivity contribution in [3.05, 3.63) is 48.2 Å². The summed E-state index contributed by atoms with van der Waals surface area (Å²) in [6.07, 6.45) is 3.79. The molecule has 114 valence electrons. The Kier molecular flexibility index (Phi) is 4.18. The van der Waals surface area contributed by atoms with Crippen LogP contribution in [-0.2, 0) is 0 Å². The highest BCUT2D eigenvalue weighted by molar-refractivity contribution is 5.95. The highest BCUT2D eigenvalue weighted by atomic mass is 16.1. The van der Waals surface area contributed by atoms with Crippen LogP contribution in [0.15, 0.2) is 42.6 Å². The van der Waals surface area contributed by atoms with Gasteiger partial charge in [-0.05, 0) is 43.2 Å². The zero-order valence-corrected chi connectivity index (χ0v) is 12.3. The maximum atomic E-state index is 12.2. The molecule has 1 aliphatic heterocycles. The molecule has 1 atom stereocenters. The van der Waals surface area contributed by atoms with Gasteiger partial charge >= 0.3 is 0 Å². The molecule has 22 heavy (non-hydrogen) atoms. The molecule has 1 aromatic heterocycles. The van der Waals surface area contributed by atoms with Crippen molar-refractivity contribution < 1.29 is 4.79 Å². The molecule has 1 fully saturated rings. The summed E-state index contributed by atoms with van der Waals surface area (Å²) in [6, 6.07) is 11.1. The Bertz CT molecular complexity index is 646. The Morgan fingerprint density at radius 3 is 3.05 bits per heavy atom. The Morgan fingerprint density at radius 1 is 1.36 bits per heavy atom. The number of benzene rings is 1. The smallest absolute Gasteiger partial charge is 0.251 e. The average Bonchev–Trinajstić information content (AvgIpc) is 3.02. The van der Waals surface area contributed by atoms with Crippen LogP contribution in [0.3, 0.4) is 0 Å². The fourth-order valence-electron chi connectivity index (χ4n) is 2.79. The second-order valence-electron chi connectivity index (χ2n) is 5.41. The number of carbonyl (C=O) groups excluding carboxylic acids is 1. The summed E-state index contributed by atoms with van der Waals surface area (Å²) in [6.45, 7) is 1.53. The third-order valence-electron chi connectivity index (χ3n) is 3.88. The lowest BCUT2D eigenvalue weighted by molar-refractivity contribution is 0.0951. The summed E-state index contributed by atoms with van der Waals surface area (Å²) < 4.78 is 0. The lowest BCUT2D eigenvalue weighted by Crippen LogP contribution is -2.40. The zero-order chi connectivity index (χ0) is 15.4. The summed E-state index contributed by atoms with van der Waals surface area (Å²) in [5.41, 5.74) is 6.89. The first kappa shape index (κ1) is 14.3. The maximum absolute atomic E-state index is 12.2. The third-order valence-corrected chi connectivity index (χ3v) is 3.88. The van der Waals surface area contributed by atoms with Crippen LogP contribution in [-0.4, -0.2) is 35.2 Å². The fourth-order valence-corrected chi connectivity index (χ4v) is 2.79. The molecule has 1 aliphatic rings. The maximum Gasteiger partial charge on any atom is 0.251 e. The summed E-state index contributed by atoms with van der Waals surface area (Å²) >= 11 is 0. The van der Waals surface area contributed by atoms with E-state index < -0.39 is 0 Å². The molecule has 3 N–H and O–H groups in total. The van der Waals surface area contributed by atoms with Crippen molar-refractivity contribution in [3.63, 3.8) is 0 Å². The average molecular weight is 297 g/mol. The van der Waals surface area contributed by atoms with Crippen molar-refractivity contribution in [1.29, 1.82) is 0 Å². The summed E-state index contributed by atoms with van der Waals surface area (Å²) in [5, 5.41) is 11.1. The minimum Gasteiger partial charge on any atom is -0.399 e. The van der Waals surface area contributed by atoms with Gasteiger partial charge in [0, 0.05) is 36.6 Å². The van der Waals surface area contributed by atoms with Crippen LogP contribution >= 0.6 is 0 Å². The lowest BCUT2D eigenvalue weighted by Gasteiger charge is -2.25. The molecule has 1 amide bonds. The van der Waals surface area contributed by atoms with Crippen LogP contribution in [0.1, 0.15) is 23.2 Å². The highest BCUT2D eigenvalue weighted by Gasteiger charge is 2.26. The zero-order valence-electron chi connectivity index (χ0n) is 12.3. The fraction of sp³-hybridized carbons (Fsp3) is 0.312. The van der Waals surface area contributed by atoms with Crippen LogP contribution < -0.4 is 16.0 Å². The molecule has 0 saturated carbocycles. The number of aromatic nitrogens is 2. The Hall–Kier alpha value is -2.63. The van der Waals surface area contributed by atoms with E-state index in [9.17, 15) is 4.79 Å². The van der Waals surface area contributed by atoms with E-state index in [-0.39, 0.29) is 11.9 Å². The van der Waals surface area contributed by atoms with Crippen LogP contribution in [0.25, 0.3) is 0 Å². The van der Waals surface area contributed by atoms with Crippen molar-refractivity contribution in [2.24, 2.45) is 0 Å². The molecule has 1 aromatic carbocycles. The van der Waals surface area contributed by atoms with Crippen molar-refractivity contribution >= 4 is 17.4 Å². The van der Waals surface area contributed by atoms with Gasteiger partial charge in [0.25, 0.3) is 5.91 Å². The SMILES string of the molecule is Nc1cccc(C(=O)NCC2CCCN2c2cccnn2)c1. The molecular weight excluding hydrogens is 278 g/mol. The van der Waals surface area contributed by atoms with Gasteiger partial charge in [0.05, 0.1) is 0 Å². The van der Waals surface area contributed by atoms with E-state index in [0.717, 1.165) is 25.2 Å². The summed E-state index contributed by atoms with van der Waals surface area (Å²) in [7, 11) is 0. The molecule has 0 aliphatic carbocycles. The van der Waals surface area contributed by atoms with E-state index in [1.807, 2.05) is 12.1 Å². The Morgan fingerprint density at radius 2 is 2.27 bits per heavy atom. The second-order valence-corrected chi connectivity index (χ2v) is 5.41. The number of carbonyl (C=O) groups is 1. The summed E-state index contributed by atoms with van der Waals surface area (Å²) in [4.78, 5) is 14.4. The van der Waals surface area contributed by atoms with E-state index in [2.05, 4.69) is 20.4 Å². The van der Waals surface area contributed by atoms with E-state index in [0.29, 0.717) is 17.8 Å². The van der Waals surface area contributed by atoms with Gasteiger partial charge in [0.15, 0.2) is 5.82 Å². The number of nitrogen functional groups attached to an aromatic ring is 1. The van der Waals surface area contributed by atoms with Crippen molar-refractivity contribution in [2.45, 2.75) is 18.9 Å². The number of nitrogens with zero attached hydrogens (tertiary/aromatic N) is 3. The molecule has 2 aromatic rings. The quantitative estimate of drug-likeness (QED) is 0.835. The van der Waals surface area contributed by atoms with Gasteiger partial charge in [0.1, 0.15) is 0 Å². The Balaban J connectivity index is 1.62. The van der Waals surface area contributed by atoms with Crippen LogP contribution in [0.4, 0.5) is 11.5 Å². The molecule has 1 unspecified atom stereocenters. The second kappa shape index (κ2) is 6.43. The van der Waals surface area contributed by atoms with E-state index in [1.54, 1.807) is 30.5 Å². The first-order chi connectivity index (χ1) is 10.7. The number of nitrogens with one attached hydrogen (secondary N) is 1. The minimum atomic E-state index is -0.0988. The van der Waals surface area contributed by atoms with Crippen molar-refractivity contribution in [2.75, 3.05) is 23.7 Å². The number of nitrogens with two attached hydrogens (primary N) is 1. The number of hydrogen-bond donors (Lipinski definition) is 2. The highest BCUT2D eigenvalue weighted by Crippen LogP contribution is 2.22. The van der Waals surface area contributed by atoms with E-state index in [1.165, 1.54) is 0 Å². The Labute approximate surface area is 129 Å². The predicted molar refractivity (Wildman–Crippen MR) is 85.6 cm³/mol. The first-order valence-electron chi connectivity index (χ1n) is 7.42. The molecule has 2 heterocycles. The van der Waals surface area contributed by atoms with Crippen LogP contribution in [0.2, 0.25) is 0 Å². The molecule has 0 radical (unpaired) electrons. The van der Waals surface area contributed by atoms with Gasteiger partial charge < -0.3 is 16.0 Å². The normalized spacial score (nSPS) is 17.5. The first-order valence-corrected chi connectivity index (χ1v) is 7.42. The minimum absolute atomic E-state index is 0.0988. The van der Waals surface area contributed by atoms with Gasteiger partial charge in [-0.1, -0.05) is 6.07 Å². The van der Waals surface area contributed by atoms with Crippen LogP contribution in [0, 0.1) is 0 Å². The third kappa shape index (κ3) is 3.16. The molecule has 6 nitrogen and oxygen atoms in total. The lowest BCUT2D eigenvalue weighted by atomic mass is 10.1. The molecule has 0 spiro atoms. The molecule has 6 heteroatoms. The summed E-state index contributed by atoms with van der Waals surface area (Å²) in [5.74, 6) is 0.765. The van der Waals surface area contributed by atoms with Gasteiger partial charge in [-0.2, -0.15) is 5.10 Å². The molecule has 0 bridgehead atoms. The van der Waals surface area contributed by atoms with Crippen molar-refractivity contribution in [1.82, 2.24) is 15.5 Å². The van der Waals surface area contributed by atoms with E-state index >= 15 is 0 Å². The van der Waals surface area contributed by atoms with E-state index in [4.69, 9.17) is 5.73 Å². The van der Waals surface area contributed by atoms with Crippen molar-refractivity contribution in [3.8, 4) is 0 Å². The number of anilines is 2. The number of amides is 1. The standard InChI is InChI=1S/C16H19N5O/c17-13-5-1-4-12(10-13)16(22)18-11-14-6-3-9-21(14)15-7-2-8-19-20-15/h1-2,4-5,7-8,10,14H,3,6,9,11,17H2,(H,18,22). The molecular formula is C16H19N5O. The van der Waals surface area contributed by atoms with Crippen LogP contribution in [0.5, 0.6) is 0 Å². The largest absolute Gasteiger partial charge is 0.399 e.